The lowest BCUT2D eigenvalue weighted by molar-refractivity contribution is -0.120. The summed E-state index contributed by atoms with van der Waals surface area (Å²) >= 11 is 0. The minimum absolute atomic E-state index is 0.238. The molecule has 1 aromatic carbocycles. The van der Waals surface area contributed by atoms with Crippen molar-refractivity contribution in [1.82, 2.24) is 0 Å². The lowest BCUT2D eigenvalue weighted by atomic mass is 10.2. The van der Waals surface area contributed by atoms with Crippen LogP contribution in [-0.4, -0.2) is 25.4 Å². The molecule has 2 N–H and O–H groups in total. The van der Waals surface area contributed by atoms with E-state index in [1.165, 1.54) is 4.90 Å². The predicted molar refractivity (Wildman–Crippen MR) is 70.6 cm³/mol. The smallest absolute Gasteiger partial charge is 0.405 e. The fourth-order valence-electron chi connectivity index (χ4n) is 1.80. The molecule has 1 rings (SSSR count). The van der Waals surface area contributed by atoms with Gasteiger partial charge in [0.05, 0.1) is 18.0 Å². The third kappa shape index (κ3) is 4.22. The highest BCUT2D eigenvalue weighted by Gasteiger charge is 2.33. The van der Waals surface area contributed by atoms with Crippen LogP contribution in [0.3, 0.4) is 0 Å². The second-order valence-electron chi connectivity index (χ2n) is 4.46. The van der Waals surface area contributed by atoms with Crippen LogP contribution in [-0.2, 0) is 0 Å². The van der Waals surface area contributed by atoms with Gasteiger partial charge in [-0.1, -0.05) is 6.07 Å². The second-order valence-corrected chi connectivity index (χ2v) is 4.46. The third-order valence-corrected chi connectivity index (χ3v) is 2.63. The maximum Gasteiger partial charge on any atom is 0.405 e. The van der Waals surface area contributed by atoms with Crippen LogP contribution < -0.4 is 15.4 Å². The monoisotopic (exact) mass is 276 g/mol. The van der Waals surface area contributed by atoms with Gasteiger partial charge in [0.25, 0.3) is 0 Å². The van der Waals surface area contributed by atoms with E-state index in [0.717, 1.165) is 0 Å². The molecule has 0 fully saturated rings. The molecule has 0 amide bonds. The number of nitrogens with two attached hydrogens (primary N) is 1. The van der Waals surface area contributed by atoms with E-state index < -0.39 is 12.7 Å². The van der Waals surface area contributed by atoms with Crippen molar-refractivity contribution in [3.8, 4) is 5.75 Å². The summed E-state index contributed by atoms with van der Waals surface area (Å²) in [5.41, 5.74) is 6.48. The Morgan fingerprint density at radius 2 is 1.95 bits per heavy atom. The zero-order valence-corrected chi connectivity index (χ0v) is 11.3. The fourth-order valence-corrected chi connectivity index (χ4v) is 1.80. The van der Waals surface area contributed by atoms with Gasteiger partial charge < -0.3 is 15.4 Å². The van der Waals surface area contributed by atoms with Crippen LogP contribution in [0.5, 0.6) is 5.75 Å². The Kier molecular flexibility index (Phi) is 4.91. The molecule has 0 aliphatic rings. The highest BCUT2D eigenvalue weighted by Crippen LogP contribution is 2.34. The molecule has 1 aromatic rings. The molecule has 0 spiro atoms. The molecule has 0 radical (unpaired) electrons. The predicted octanol–water partition coefficient (Wildman–Crippen LogP) is 3.44. The zero-order valence-electron chi connectivity index (χ0n) is 11.3. The van der Waals surface area contributed by atoms with Gasteiger partial charge in [0, 0.05) is 6.04 Å². The Hall–Kier alpha value is -1.59. The molecule has 0 saturated carbocycles. The summed E-state index contributed by atoms with van der Waals surface area (Å²) in [6, 6.07) is 4.54. The summed E-state index contributed by atoms with van der Waals surface area (Å²) in [6.45, 7) is 4.55. The van der Waals surface area contributed by atoms with Crippen LogP contribution in [0, 0.1) is 0 Å². The fraction of sp³-hybridized carbons (Fsp3) is 0.538. The Morgan fingerprint density at radius 1 is 1.32 bits per heavy atom. The summed E-state index contributed by atoms with van der Waals surface area (Å²) in [4.78, 5) is 1.22. The van der Waals surface area contributed by atoms with E-state index >= 15 is 0 Å². The number of ether oxygens (including phenoxy) is 1. The molecule has 0 atom stereocenters. The van der Waals surface area contributed by atoms with E-state index in [2.05, 4.69) is 0 Å². The van der Waals surface area contributed by atoms with E-state index in [-0.39, 0.29) is 11.7 Å². The minimum atomic E-state index is -4.28. The Bertz CT molecular complexity index is 419. The number of hydrogen-bond acceptors (Lipinski definition) is 3. The van der Waals surface area contributed by atoms with E-state index in [0.29, 0.717) is 18.0 Å². The number of anilines is 2. The largest absolute Gasteiger partial charge is 0.492 e. The number of hydrogen-bond donors (Lipinski definition) is 1. The SMILES string of the molecule is CCOc1cccc(N(CC(F)(F)F)C(C)C)c1N. The zero-order chi connectivity index (χ0) is 14.6. The van der Waals surface area contributed by atoms with E-state index in [9.17, 15) is 13.2 Å². The first kappa shape index (κ1) is 15.5. The summed E-state index contributed by atoms with van der Waals surface area (Å²) in [5, 5.41) is 0. The van der Waals surface area contributed by atoms with Gasteiger partial charge in [-0.3, -0.25) is 0 Å². The number of halogens is 3. The molecule has 0 aliphatic carbocycles. The topological polar surface area (TPSA) is 38.5 Å². The molecule has 0 unspecified atom stereocenters. The molecule has 6 heteroatoms. The maximum atomic E-state index is 12.6. The number of para-hydroxylation sites is 1. The van der Waals surface area contributed by atoms with Crippen molar-refractivity contribution in [2.75, 3.05) is 23.8 Å². The average molecular weight is 276 g/mol. The second kappa shape index (κ2) is 6.04. The highest BCUT2D eigenvalue weighted by molar-refractivity contribution is 5.74. The molecular formula is C13H19F3N2O. The first-order valence-electron chi connectivity index (χ1n) is 6.11. The minimum Gasteiger partial charge on any atom is -0.492 e. The molecular weight excluding hydrogens is 257 g/mol. The van der Waals surface area contributed by atoms with Crippen LogP contribution in [0.15, 0.2) is 18.2 Å². The quantitative estimate of drug-likeness (QED) is 0.837. The van der Waals surface area contributed by atoms with Crippen molar-refractivity contribution in [2.24, 2.45) is 0 Å². The number of nitrogens with zero attached hydrogens (tertiary/aromatic N) is 1. The van der Waals surface area contributed by atoms with Gasteiger partial charge in [-0.05, 0) is 32.9 Å². The molecule has 0 heterocycles. The van der Waals surface area contributed by atoms with Gasteiger partial charge in [0.1, 0.15) is 12.3 Å². The van der Waals surface area contributed by atoms with Crippen molar-refractivity contribution < 1.29 is 17.9 Å². The molecule has 0 aromatic heterocycles. The van der Waals surface area contributed by atoms with E-state index in [1.54, 1.807) is 39.0 Å². The first-order chi connectivity index (χ1) is 8.76. The summed E-state index contributed by atoms with van der Waals surface area (Å²) in [7, 11) is 0. The lowest BCUT2D eigenvalue weighted by Gasteiger charge is -2.31. The maximum absolute atomic E-state index is 12.6. The van der Waals surface area contributed by atoms with Gasteiger partial charge in [0.15, 0.2) is 0 Å². The number of benzene rings is 1. The van der Waals surface area contributed by atoms with Gasteiger partial charge >= 0.3 is 6.18 Å². The van der Waals surface area contributed by atoms with Crippen LogP contribution in [0.25, 0.3) is 0 Å². The van der Waals surface area contributed by atoms with Crippen LogP contribution >= 0.6 is 0 Å². The summed E-state index contributed by atoms with van der Waals surface area (Å²) in [5.74, 6) is 0.410. The van der Waals surface area contributed by atoms with Crippen LogP contribution in [0.4, 0.5) is 24.5 Å². The number of rotatable bonds is 5. The van der Waals surface area contributed by atoms with Crippen molar-refractivity contribution >= 4 is 11.4 Å². The highest BCUT2D eigenvalue weighted by atomic mass is 19.4. The standard InChI is InChI=1S/C13H19F3N2O/c1-4-19-11-7-5-6-10(12(11)17)18(9(2)3)8-13(14,15)16/h5-7,9H,4,8,17H2,1-3H3. The Balaban J connectivity index is 3.12. The molecule has 108 valence electrons. The molecule has 0 saturated heterocycles. The van der Waals surface area contributed by atoms with Crippen LogP contribution in [0.2, 0.25) is 0 Å². The van der Waals surface area contributed by atoms with Crippen molar-refractivity contribution in [1.29, 1.82) is 0 Å². The van der Waals surface area contributed by atoms with Crippen molar-refractivity contribution in [2.45, 2.75) is 33.0 Å². The Labute approximate surface area is 111 Å². The number of alkyl halides is 3. The summed E-state index contributed by atoms with van der Waals surface area (Å²) < 4.78 is 43.2. The first-order valence-corrected chi connectivity index (χ1v) is 6.11. The van der Waals surface area contributed by atoms with Gasteiger partial charge in [-0.2, -0.15) is 13.2 Å². The molecule has 19 heavy (non-hydrogen) atoms. The van der Waals surface area contributed by atoms with Crippen molar-refractivity contribution in [3.05, 3.63) is 18.2 Å². The molecule has 0 bridgehead atoms. The number of nitrogen functional groups attached to an aromatic ring is 1. The lowest BCUT2D eigenvalue weighted by Crippen LogP contribution is -2.39. The van der Waals surface area contributed by atoms with E-state index in [1.807, 2.05) is 0 Å². The summed E-state index contributed by atoms with van der Waals surface area (Å²) in [6.07, 6.45) is -4.28. The molecule has 3 nitrogen and oxygen atoms in total. The normalized spacial score (nSPS) is 11.7. The van der Waals surface area contributed by atoms with Crippen molar-refractivity contribution in [3.63, 3.8) is 0 Å². The third-order valence-electron chi connectivity index (χ3n) is 2.63. The Morgan fingerprint density at radius 3 is 2.42 bits per heavy atom. The van der Waals surface area contributed by atoms with Gasteiger partial charge in [-0.25, -0.2) is 0 Å². The van der Waals surface area contributed by atoms with E-state index in [4.69, 9.17) is 10.5 Å². The van der Waals surface area contributed by atoms with Gasteiger partial charge in [-0.15, -0.1) is 0 Å². The average Bonchev–Trinajstić information content (AvgIpc) is 2.28. The molecule has 0 aliphatic heterocycles. The van der Waals surface area contributed by atoms with Crippen LogP contribution in [0.1, 0.15) is 20.8 Å². The van der Waals surface area contributed by atoms with Gasteiger partial charge in [0.2, 0.25) is 0 Å².